The molecule has 1 N–H and O–H groups in total. The summed E-state index contributed by atoms with van der Waals surface area (Å²) in [6.07, 6.45) is 0.535. The zero-order valence-electron chi connectivity index (χ0n) is 20.3. The Balaban J connectivity index is 1.35. The lowest BCUT2D eigenvalue weighted by atomic mass is 9.98. The summed E-state index contributed by atoms with van der Waals surface area (Å²) in [7, 11) is 1.53. The van der Waals surface area contributed by atoms with Crippen LogP contribution in [0.25, 0.3) is 0 Å². The van der Waals surface area contributed by atoms with Crippen LogP contribution < -0.4 is 10.1 Å². The third-order valence-electron chi connectivity index (χ3n) is 6.23. The Morgan fingerprint density at radius 2 is 1.84 bits per heavy atom. The monoisotopic (exact) mass is 516 g/mol. The summed E-state index contributed by atoms with van der Waals surface area (Å²) in [4.78, 5) is 29.8. The fourth-order valence-corrected chi connectivity index (χ4v) is 5.34. The number of carbonyl (C=O) groups is 2. The minimum absolute atomic E-state index is 0.0356. The van der Waals surface area contributed by atoms with Crippen LogP contribution in [-0.2, 0) is 9.59 Å². The number of nitrogens with zero attached hydrogens (tertiary/aromatic N) is 3. The van der Waals surface area contributed by atoms with Crippen LogP contribution >= 0.6 is 11.8 Å². The number of aryl methyl sites for hydroxylation is 1. The summed E-state index contributed by atoms with van der Waals surface area (Å²) in [5.74, 6) is -0.453. The molecule has 9 heteroatoms. The van der Waals surface area contributed by atoms with Crippen LogP contribution in [0.3, 0.4) is 0 Å². The minimum Gasteiger partial charge on any atom is -0.495 e. The molecule has 2 aliphatic heterocycles. The topological polar surface area (TPSA) is 83.4 Å². The summed E-state index contributed by atoms with van der Waals surface area (Å²) in [6, 6.07) is 21.3. The summed E-state index contributed by atoms with van der Waals surface area (Å²) >= 11 is 1.23. The molecule has 0 radical (unpaired) electrons. The lowest BCUT2D eigenvalue weighted by Gasteiger charge is -2.23. The molecular weight excluding hydrogens is 491 g/mol. The standard InChI is InChI=1S/C28H25FN4O3S/c1-17-7-9-19(10-8-17)23-15-22(18-11-13-20(29)14-12-18)32-33(23)28-31-27(35)25(37-28)16-26(34)30-21-5-3-4-6-24(21)36-2/h3-14,23,25H,15-16H2,1-2H3,(H,30,34)/t23-,25-/m0/s1. The van der Waals surface area contributed by atoms with E-state index in [-0.39, 0.29) is 30.1 Å². The number of thioether (sulfide) groups is 1. The number of hydrogen-bond donors (Lipinski definition) is 1. The highest BCUT2D eigenvalue weighted by Crippen LogP contribution is 2.39. The maximum atomic E-state index is 13.5. The number of halogens is 1. The molecule has 2 heterocycles. The van der Waals surface area contributed by atoms with Gasteiger partial charge in [0.15, 0.2) is 5.17 Å². The quantitative estimate of drug-likeness (QED) is 0.480. The Hall–Kier alpha value is -3.98. The van der Waals surface area contributed by atoms with Gasteiger partial charge >= 0.3 is 0 Å². The van der Waals surface area contributed by atoms with E-state index in [1.165, 1.54) is 31.0 Å². The molecular formula is C28H25FN4O3S. The molecule has 5 rings (SSSR count). The Morgan fingerprint density at radius 3 is 2.57 bits per heavy atom. The van der Waals surface area contributed by atoms with E-state index in [2.05, 4.69) is 10.3 Å². The van der Waals surface area contributed by atoms with Gasteiger partial charge in [0.1, 0.15) is 16.8 Å². The van der Waals surface area contributed by atoms with Gasteiger partial charge in [-0.3, -0.25) is 9.59 Å². The minimum atomic E-state index is -0.659. The van der Waals surface area contributed by atoms with Crippen LogP contribution in [0.5, 0.6) is 5.75 Å². The Kier molecular flexibility index (Phi) is 7.05. The van der Waals surface area contributed by atoms with E-state index in [1.807, 2.05) is 37.3 Å². The number of amides is 2. The van der Waals surface area contributed by atoms with Crippen molar-refractivity contribution < 1.29 is 18.7 Å². The Morgan fingerprint density at radius 1 is 1.11 bits per heavy atom. The van der Waals surface area contributed by atoms with Gasteiger partial charge in [0.25, 0.3) is 5.91 Å². The SMILES string of the molecule is COc1ccccc1NC(=O)C[C@@H]1SC(N2N=C(c3ccc(F)cc3)C[C@H]2c2ccc(C)cc2)=NC1=O. The first kappa shape index (κ1) is 24.7. The number of aliphatic imine (C=N–C) groups is 1. The van der Waals surface area contributed by atoms with Gasteiger partial charge in [-0.2, -0.15) is 10.1 Å². The molecule has 2 atom stereocenters. The van der Waals surface area contributed by atoms with E-state index in [0.717, 1.165) is 22.4 Å². The van der Waals surface area contributed by atoms with Gasteiger partial charge in [-0.05, 0) is 42.3 Å². The number of anilines is 1. The van der Waals surface area contributed by atoms with Crippen molar-refractivity contribution in [1.82, 2.24) is 5.01 Å². The third kappa shape index (κ3) is 5.41. The molecule has 2 amide bonds. The second-order valence-electron chi connectivity index (χ2n) is 8.82. The van der Waals surface area contributed by atoms with Crippen molar-refractivity contribution in [3.05, 3.63) is 95.3 Å². The number of rotatable bonds is 6. The van der Waals surface area contributed by atoms with Crippen molar-refractivity contribution >= 4 is 40.1 Å². The van der Waals surface area contributed by atoms with Crippen LogP contribution in [0.1, 0.15) is 35.6 Å². The molecule has 0 aromatic heterocycles. The van der Waals surface area contributed by atoms with Gasteiger partial charge in [-0.1, -0.05) is 65.9 Å². The van der Waals surface area contributed by atoms with Gasteiger partial charge in [0.05, 0.1) is 24.6 Å². The van der Waals surface area contributed by atoms with E-state index in [1.54, 1.807) is 35.3 Å². The molecule has 0 bridgehead atoms. The van der Waals surface area contributed by atoms with Crippen LogP contribution in [0, 0.1) is 12.7 Å². The highest BCUT2D eigenvalue weighted by Gasteiger charge is 2.39. The number of methoxy groups -OCH3 is 1. The van der Waals surface area contributed by atoms with Crippen LogP contribution in [0.4, 0.5) is 10.1 Å². The van der Waals surface area contributed by atoms with Crippen molar-refractivity contribution in [1.29, 1.82) is 0 Å². The molecule has 37 heavy (non-hydrogen) atoms. The summed E-state index contributed by atoms with van der Waals surface area (Å²) in [5, 5.41) is 9.15. The predicted molar refractivity (Wildman–Crippen MR) is 143 cm³/mol. The van der Waals surface area contributed by atoms with E-state index >= 15 is 0 Å². The fraction of sp³-hybridized carbons (Fsp3) is 0.214. The van der Waals surface area contributed by atoms with Crippen LogP contribution in [0.15, 0.2) is 82.9 Å². The first-order valence-corrected chi connectivity index (χ1v) is 12.7. The Bertz CT molecular complexity index is 1390. The molecule has 188 valence electrons. The molecule has 2 aliphatic rings. The van der Waals surface area contributed by atoms with Crippen molar-refractivity contribution in [2.75, 3.05) is 12.4 Å². The average molecular weight is 517 g/mol. The number of hydrazone groups is 1. The molecule has 0 saturated heterocycles. The zero-order valence-corrected chi connectivity index (χ0v) is 21.2. The smallest absolute Gasteiger partial charge is 0.262 e. The van der Waals surface area contributed by atoms with Gasteiger partial charge < -0.3 is 10.1 Å². The van der Waals surface area contributed by atoms with Crippen molar-refractivity contribution in [2.45, 2.75) is 31.1 Å². The summed E-state index contributed by atoms with van der Waals surface area (Å²) < 4.78 is 18.8. The molecule has 0 aliphatic carbocycles. The van der Waals surface area contributed by atoms with Crippen molar-refractivity contribution in [3.8, 4) is 5.75 Å². The van der Waals surface area contributed by atoms with Gasteiger partial charge in [-0.15, -0.1) is 0 Å². The third-order valence-corrected chi connectivity index (χ3v) is 7.37. The number of nitrogens with one attached hydrogen (secondary N) is 1. The normalized spacial score (nSPS) is 19.0. The fourth-order valence-electron chi connectivity index (χ4n) is 4.27. The predicted octanol–water partition coefficient (Wildman–Crippen LogP) is 5.32. The maximum Gasteiger partial charge on any atom is 0.262 e. The number of ether oxygens (including phenoxy) is 1. The second kappa shape index (κ2) is 10.6. The van der Waals surface area contributed by atoms with E-state index in [4.69, 9.17) is 9.84 Å². The van der Waals surface area contributed by atoms with Gasteiger partial charge in [0, 0.05) is 12.8 Å². The number of carbonyl (C=O) groups excluding carboxylic acids is 2. The zero-order chi connectivity index (χ0) is 25.9. The highest BCUT2D eigenvalue weighted by molar-refractivity contribution is 8.15. The first-order valence-electron chi connectivity index (χ1n) is 11.8. The number of para-hydroxylation sites is 2. The number of hydrogen-bond acceptors (Lipinski definition) is 6. The van der Waals surface area contributed by atoms with E-state index < -0.39 is 5.25 Å². The van der Waals surface area contributed by atoms with Crippen molar-refractivity contribution in [3.63, 3.8) is 0 Å². The van der Waals surface area contributed by atoms with Gasteiger partial charge in [0.2, 0.25) is 5.91 Å². The molecule has 3 aromatic rings. The van der Waals surface area contributed by atoms with E-state index in [9.17, 15) is 14.0 Å². The molecule has 0 spiro atoms. The highest BCUT2D eigenvalue weighted by atomic mass is 32.2. The largest absolute Gasteiger partial charge is 0.495 e. The van der Waals surface area contributed by atoms with Gasteiger partial charge in [-0.25, -0.2) is 9.40 Å². The molecule has 7 nitrogen and oxygen atoms in total. The van der Waals surface area contributed by atoms with Crippen molar-refractivity contribution in [2.24, 2.45) is 10.1 Å². The average Bonchev–Trinajstić information content (AvgIpc) is 3.49. The molecule has 0 fully saturated rings. The lowest BCUT2D eigenvalue weighted by Crippen LogP contribution is -2.25. The summed E-state index contributed by atoms with van der Waals surface area (Å²) in [5.41, 5.74) is 4.29. The van der Waals surface area contributed by atoms with E-state index in [0.29, 0.717) is 23.0 Å². The number of amidine groups is 1. The number of benzene rings is 3. The summed E-state index contributed by atoms with van der Waals surface area (Å²) in [6.45, 7) is 2.02. The van der Waals surface area contributed by atoms with Crippen LogP contribution in [-0.4, -0.2) is 40.1 Å². The first-order chi connectivity index (χ1) is 17.9. The molecule has 0 unspecified atom stereocenters. The van der Waals surface area contributed by atoms with Crippen LogP contribution in [0.2, 0.25) is 0 Å². The lowest BCUT2D eigenvalue weighted by molar-refractivity contribution is -0.121. The maximum absolute atomic E-state index is 13.5. The Labute approximate surface area is 218 Å². The second-order valence-corrected chi connectivity index (χ2v) is 9.99. The molecule has 3 aromatic carbocycles. The molecule has 0 saturated carbocycles.